The molecule has 0 radical (unpaired) electrons. The van der Waals surface area contributed by atoms with Crippen LogP contribution in [0, 0.1) is 0 Å². The van der Waals surface area contributed by atoms with Crippen LogP contribution in [0.4, 0.5) is 13.2 Å². The highest BCUT2D eigenvalue weighted by Crippen LogP contribution is 2.22. The number of amides is 2. The van der Waals surface area contributed by atoms with Crippen molar-refractivity contribution < 1.29 is 32.7 Å². The van der Waals surface area contributed by atoms with Gasteiger partial charge in [0.2, 0.25) is 11.8 Å². The first-order valence-corrected chi connectivity index (χ1v) is 9.35. The zero-order valence-corrected chi connectivity index (χ0v) is 16.8. The molecule has 0 saturated heterocycles. The SMILES string of the molecule is CCC[C@@H](/C=C/C(=O)N1Cc2ccccc2C1)NC(=O)[C@H](C)N.O=C(O)C(F)(F)F. The van der Waals surface area contributed by atoms with Gasteiger partial charge < -0.3 is 21.1 Å². The summed E-state index contributed by atoms with van der Waals surface area (Å²) in [5.41, 5.74) is 7.97. The molecule has 30 heavy (non-hydrogen) atoms. The van der Waals surface area contributed by atoms with Crippen molar-refractivity contribution >= 4 is 17.8 Å². The minimum Gasteiger partial charge on any atom is -0.475 e. The summed E-state index contributed by atoms with van der Waals surface area (Å²) >= 11 is 0. The van der Waals surface area contributed by atoms with Crippen LogP contribution in [0.3, 0.4) is 0 Å². The Kier molecular flexibility index (Phi) is 9.51. The lowest BCUT2D eigenvalue weighted by Gasteiger charge is -2.17. The van der Waals surface area contributed by atoms with Crippen molar-refractivity contribution in [2.75, 3.05) is 0 Å². The van der Waals surface area contributed by atoms with Crippen molar-refractivity contribution in [1.29, 1.82) is 0 Å². The standard InChI is InChI=1S/C18H25N3O2.C2HF3O2/c1-3-6-16(20-18(23)13(2)19)9-10-17(22)21-11-14-7-4-5-8-15(14)12-21;3-2(4,5)1(6)7/h4-5,7-10,13,16H,3,6,11-12,19H2,1-2H3,(H,20,23);(H,6,7)/b10-9+;/t13-,16-;/m0./s1. The van der Waals surface area contributed by atoms with E-state index in [1.54, 1.807) is 24.0 Å². The van der Waals surface area contributed by atoms with E-state index in [-0.39, 0.29) is 17.9 Å². The van der Waals surface area contributed by atoms with Crippen LogP contribution in [0.5, 0.6) is 0 Å². The number of carboxylic acids is 1. The number of nitrogens with one attached hydrogen (secondary N) is 1. The van der Waals surface area contributed by atoms with Gasteiger partial charge in [-0.2, -0.15) is 13.2 Å². The van der Waals surface area contributed by atoms with Gasteiger partial charge in [0.05, 0.1) is 6.04 Å². The second kappa shape index (κ2) is 11.3. The second-order valence-corrected chi connectivity index (χ2v) is 6.82. The predicted molar refractivity (Wildman–Crippen MR) is 104 cm³/mol. The molecule has 2 amide bonds. The smallest absolute Gasteiger partial charge is 0.475 e. The first-order valence-electron chi connectivity index (χ1n) is 9.35. The number of benzene rings is 1. The molecule has 0 saturated carbocycles. The molecule has 0 unspecified atom stereocenters. The van der Waals surface area contributed by atoms with E-state index < -0.39 is 18.2 Å². The number of nitrogens with zero attached hydrogens (tertiary/aromatic N) is 1. The summed E-state index contributed by atoms with van der Waals surface area (Å²) in [5.74, 6) is -2.99. The molecule has 10 heteroatoms. The second-order valence-electron chi connectivity index (χ2n) is 6.82. The van der Waals surface area contributed by atoms with Crippen molar-refractivity contribution in [2.45, 2.75) is 58.0 Å². The average molecular weight is 429 g/mol. The van der Waals surface area contributed by atoms with Gasteiger partial charge in [-0.15, -0.1) is 0 Å². The van der Waals surface area contributed by atoms with Crippen molar-refractivity contribution in [3.8, 4) is 0 Å². The van der Waals surface area contributed by atoms with Gasteiger partial charge in [0.25, 0.3) is 0 Å². The third-order valence-corrected chi connectivity index (χ3v) is 4.21. The summed E-state index contributed by atoms with van der Waals surface area (Å²) in [6.45, 7) is 4.97. The molecule has 1 aliphatic heterocycles. The third-order valence-electron chi connectivity index (χ3n) is 4.21. The first-order chi connectivity index (χ1) is 14.0. The fourth-order valence-corrected chi connectivity index (χ4v) is 2.63. The fraction of sp³-hybridized carbons (Fsp3) is 0.450. The van der Waals surface area contributed by atoms with Crippen LogP contribution < -0.4 is 11.1 Å². The number of fused-ring (bicyclic) bond motifs is 1. The monoisotopic (exact) mass is 429 g/mol. The van der Waals surface area contributed by atoms with E-state index in [0.29, 0.717) is 13.1 Å². The summed E-state index contributed by atoms with van der Waals surface area (Å²) < 4.78 is 31.7. The number of carboxylic acid groups (broad SMARTS) is 1. The highest BCUT2D eigenvalue weighted by Gasteiger charge is 2.38. The number of carbonyl (C=O) groups excluding carboxylic acids is 2. The van der Waals surface area contributed by atoms with E-state index in [2.05, 4.69) is 17.4 Å². The Morgan fingerprint density at radius 1 is 1.23 bits per heavy atom. The van der Waals surface area contributed by atoms with Crippen LogP contribution in [0.15, 0.2) is 36.4 Å². The number of rotatable bonds is 6. The first kappa shape index (κ1) is 25.2. The summed E-state index contributed by atoms with van der Waals surface area (Å²) in [4.78, 5) is 34.8. The summed E-state index contributed by atoms with van der Waals surface area (Å²) in [5, 5.41) is 9.98. The zero-order chi connectivity index (χ0) is 22.9. The lowest BCUT2D eigenvalue weighted by molar-refractivity contribution is -0.192. The van der Waals surface area contributed by atoms with Crippen molar-refractivity contribution in [3.05, 3.63) is 47.5 Å². The third kappa shape index (κ3) is 8.24. The molecular formula is C20H26F3N3O4. The molecule has 4 N–H and O–H groups in total. The van der Waals surface area contributed by atoms with Crippen LogP contribution in [0.1, 0.15) is 37.8 Å². The fourth-order valence-electron chi connectivity index (χ4n) is 2.63. The molecule has 2 rings (SSSR count). The minimum absolute atomic E-state index is 0.0302. The molecular weight excluding hydrogens is 403 g/mol. The number of hydrogen-bond acceptors (Lipinski definition) is 4. The van der Waals surface area contributed by atoms with E-state index >= 15 is 0 Å². The lowest BCUT2D eigenvalue weighted by Crippen LogP contribution is -2.43. The van der Waals surface area contributed by atoms with Gasteiger partial charge in [0, 0.05) is 25.2 Å². The van der Waals surface area contributed by atoms with Gasteiger partial charge in [-0.1, -0.05) is 43.7 Å². The summed E-state index contributed by atoms with van der Waals surface area (Å²) in [7, 11) is 0. The van der Waals surface area contributed by atoms with Crippen molar-refractivity contribution in [1.82, 2.24) is 10.2 Å². The Hall–Kier alpha value is -2.88. The molecule has 1 aromatic carbocycles. The van der Waals surface area contributed by atoms with E-state index in [4.69, 9.17) is 15.6 Å². The van der Waals surface area contributed by atoms with Crippen LogP contribution in [-0.2, 0) is 27.5 Å². The molecule has 0 fully saturated rings. The molecule has 0 aromatic heterocycles. The van der Waals surface area contributed by atoms with Gasteiger partial charge in [0.15, 0.2) is 0 Å². The Labute approximate surface area is 172 Å². The average Bonchev–Trinajstić information content (AvgIpc) is 3.10. The Morgan fingerprint density at radius 3 is 2.13 bits per heavy atom. The Bertz CT molecular complexity index is 754. The molecule has 2 atom stereocenters. The zero-order valence-electron chi connectivity index (χ0n) is 16.8. The number of carbonyl (C=O) groups is 3. The quantitative estimate of drug-likeness (QED) is 0.601. The number of alkyl halides is 3. The predicted octanol–water partition coefficient (Wildman–Crippen LogP) is 2.35. The van der Waals surface area contributed by atoms with E-state index in [1.807, 2.05) is 19.1 Å². The highest BCUT2D eigenvalue weighted by atomic mass is 19.4. The lowest BCUT2D eigenvalue weighted by atomic mass is 10.1. The largest absolute Gasteiger partial charge is 0.490 e. The highest BCUT2D eigenvalue weighted by molar-refractivity contribution is 5.88. The number of aliphatic carboxylic acids is 1. The van der Waals surface area contributed by atoms with Crippen molar-refractivity contribution in [2.24, 2.45) is 5.73 Å². The normalized spacial score (nSPS) is 15.1. The number of nitrogens with two attached hydrogens (primary N) is 1. The molecule has 1 aliphatic rings. The maximum atomic E-state index is 12.3. The Morgan fingerprint density at radius 2 is 1.73 bits per heavy atom. The minimum atomic E-state index is -5.08. The van der Waals surface area contributed by atoms with Gasteiger partial charge in [-0.3, -0.25) is 9.59 Å². The molecule has 166 valence electrons. The molecule has 0 spiro atoms. The topological polar surface area (TPSA) is 113 Å². The van der Waals surface area contributed by atoms with E-state index in [9.17, 15) is 22.8 Å². The maximum absolute atomic E-state index is 12.3. The van der Waals surface area contributed by atoms with Crippen LogP contribution in [-0.4, -0.2) is 46.1 Å². The molecule has 0 bridgehead atoms. The van der Waals surface area contributed by atoms with Gasteiger partial charge in [-0.05, 0) is 24.5 Å². The van der Waals surface area contributed by atoms with E-state index in [1.165, 1.54) is 11.1 Å². The van der Waals surface area contributed by atoms with Crippen LogP contribution >= 0.6 is 0 Å². The van der Waals surface area contributed by atoms with Gasteiger partial charge >= 0.3 is 12.1 Å². The van der Waals surface area contributed by atoms with Crippen LogP contribution in [0.25, 0.3) is 0 Å². The molecule has 1 heterocycles. The summed E-state index contributed by atoms with van der Waals surface area (Å²) in [6.07, 6.45) is -0.0528. The van der Waals surface area contributed by atoms with Gasteiger partial charge in [0.1, 0.15) is 0 Å². The Balaban J connectivity index is 0.000000553. The molecule has 7 nitrogen and oxygen atoms in total. The van der Waals surface area contributed by atoms with Gasteiger partial charge in [-0.25, -0.2) is 4.79 Å². The van der Waals surface area contributed by atoms with Crippen molar-refractivity contribution in [3.63, 3.8) is 0 Å². The number of halogens is 3. The summed E-state index contributed by atoms with van der Waals surface area (Å²) in [6, 6.07) is 7.37. The van der Waals surface area contributed by atoms with E-state index in [0.717, 1.165) is 12.8 Å². The van der Waals surface area contributed by atoms with Crippen LogP contribution in [0.2, 0.25) is 0 Å². The number of hydrogen-bond donors (Lipinski definition) is 3. The molecule has 0 aliphatic carbocycles. The molecule has 1 aromatic rings. The maximum Gasteiger partial charge on any atom is 0.490 e.